The van der Waals surface area contributed by atoms with Crippen LogP contribution in [0.15, 0.2) is 36.4 Å². The Kier molecular flexibility index (Phi) is 6.64. The maximum absolute atomic E-state index is 12.2. The number of halogens is 2. The molecule has 1 aliphatic heterocycles. The summed E-state index contributed by atoms with van der Waals surface area (Å²) in [6, 6.07) is 11.5. The van der Waals surface area contributed by atoms with Gasteiger partial charge in [0.25, 0.3) is 0 Å². The normalized spacial score (nSPS) is 15.0. The molecular weight excluding hydrogens is 381 g/mol. The second-order valence-electron chi connectivity index (χ2n) is 6.97. The molecule has 4 nitrogen and oxygen atoms in total. The predicted octanol–water partition coefficient (Wildman–Crippen LogP) is 4.76. The lowest BCUT2D eigenvalue weighted by Gasteiger charge is -2.37. The van der Waals surface area contributed by atoms with E-state index in [1.54, 1.807) is 18.2 Å². The van der Waals surface area contributed by atoms with Crippen LogP contribution in [-0.2, 0) is 4.79 Å². The van der Waals surface area contributed by atoms with Crippen LogP contribution in [0, 0.1) is 13.8 Å². The molecule has 0 aromatic heterocycles. The lowest BCUT2D eigenvalue weighted by molar-refractivity contribution is -0.116. The summed E-state index contributed by atoms with van der Waals surface area (Å²) < 4.78 is 0. The van der Waals surface area contributed by atoms with Gasteiger partial charge >= 0.3 is 0 Å². The molecule has 2 aromatic rings. The highest BCUT2D eigenvalue weighted by atomic mass is 35.5. The van der Waals surface area contributed by atoms with Crippen LogP contribution in [0.3, 0.4) is 0 Å². The van der Waals surface area contributed by atoms with Crippen LogP contribution in [-0.4, -0.2) is 43.5 Å². The van der Waals surface area contributed by atoms with E-state index in [-0.39, 0.29) is 5.91 Å². The number of nitrogens with zero attached hydrogens (tertiary/aromatic N) is 2. The Bertz CT molecular complexity index is 817. The van der Waals surface area contributed by atoms with E-state index < -0.39 is 0 Å². The maximum atomic E-state index is 12.2. The van der Waals surface area contributed by atoms with Crippen LogP contribution in [0.5, 0.6) is 0 Å². The highest BCUT2D eigenvalue weighted by Gasteiger charge is 2.19. The van der Waals surface area contributed by atoms with E-state index in [0.717, 1.165) is 32.7 Å². The Morgan fingerprint density at radius 3 is 2.56 bits per heavy atom. The van der Waals surface area contributed by atoms with Gasteiger partial charge in [0.05, 0.1) is 10.7 Å². The van der Waals surface area contributed by atoms with Crippen molar-refractivity contribution in [3.63, 3.8) is 0 Å². The third-order valence-corrected chi connectivity index (χ3v) is 5.71. The monoisotopic (exact) mass is 405 g/mol. The molecule has 27 heavy (non-hydrogen) atoms. The summed E-state index contributed by atoms with van der Waals surface area (Å²) in [6.07, 6.45) is 0.437. The number of benzene rings is 2. The molecule has 1 aliphatic rings. The molecule has 0 unspecified atom stereocenters. The third-order valence-electron chi connectivity index (χ3n) is 5.15. The van der Waals surface area contributed by atoms with Crippen molar-refractivity contribution < 1.29 is 4.79 Å². The molecule has 6 heteroatoms. The van der Waals surface area contributed by atoms with Crippen molar-refractivity contribution in [1.82, 2.24) is 4.90 Å². The van der Waals surface area contributed by atoms with Crippen molar-refractivity contribution in [1.29, 1.82) is 0 Å². The first-order valence-electron chi connectivity index (χ1n) is 9.22. The van der Waals surface area contributed by atoms with Gasteiger partial charge in [0.1, 0.15) is 0 Å². The van der Waals surface area contributed by atoms with Crippen molar-refractivity contribution >= 4 is 40.5 Å². The van der Waals surface area contributed by atoms with Gasteiger partial charge in [0.15, 0.2) is 0 Å². The molecular formula is C21H25Cl2N3O. The fourth-order valence-electron chi connectivity index (χ4n) is 3.36. The number of piperazine rings is 1. The first-order valence-corrected chi connectivity index (χ1v) is 9.98. The molecule has 0 aliphatic carbocycles. The summed E-state index contributed by atoms with van der Waals surface area (Å²) >= 11 is 12.1. The molecule has 0 spiro atoms. The molecule has 144 valence electrons. The minimum atomic E-state index is -0.0453. The van der Waals surface area contributed by atoms with Gasteiger partial charge in [0, 0.05) is 49.9 Å². The number of hydrogen-bond acceptors (Lipinski definition) is 3. The van der Waals surface area contributed by atoms with Crippen LogP contribution in [0.4, 0.5) is 11.4 Å². The van der Waals surface area contributed by atoms with Crippen molar-refractivity contribution in [3.8, 4) is 0 Å². The third kappa shape index (κ3) is 5.16. The summed E-state index contributed by atoms with van der Waals surface area (Å²) in [7, 11) is 0. The number of hydrogen-bond donors (Lipinski definition) is 1. The van der Waals surface area contributed by atoms with Crippen LogP contribution in [0.2, 0.25) is 10.0 Å². The first kappa shape index (κ1) is 20.0. The molecule has 1 fully saturated rings. The molecule has 1 heterocycles. The lowest BCUT2D eigenvalue weighted by Crippen LogP contribution is -2.47. The van der Waals surface area contributed by atoms with Crippen LogP contribution in [0.25, 0.3) is 0 Å². The van der Waals surface area contributed by atoms with Gasteiger partial charge in [-0.25, -0.2) is 0 Å². The Morgan fingerprint density at radius 2 is 1.81 bits per heavy atom. The molecule has 3 rings (SSSR count). The SMILES string of the molecule is Cc1cccc(N2CCN(CCC(=O)Nc3cc(Cl)ccc3Cl)CC2)c1C. The highest BCUT2D eigenvalue weighted by molar-refractivity contribution is 6.35. The first-order chi connectivity index (χ1) is 12.9. The summed E-state index contributed by atoms with van der Waals surface area (Å²) in [5, 5.41) is 3.89. The van der Waals surface area contributed by atoms with E-state index in [0.29, 0.717) is 22.2 Å². The van der Waals surface area contributed by atoms with E-state index in [1.165, 1.54) is 16.8 Å². The van der Waals surface area contributed by atoms with Gasteiger partial charge in [-0.3, -0.25) is 9.69 Å². The summed E-state index contributed by atoms with van der Waals surface area (Å²) in [6.45, 7) is 8.95. The fraction of sp³-hybridized carbons (Fsp3) is 0.381. The largest absolute Gasteiger partial charge is 0.369 e. The van der Waals surface area contributed by atoms with Crippen molar-refractivity contribution in [2.75, 3.05) is 42.9 Å². The van der Waals surface area contributed by atoms with Gasteiger partial charge in [-0.1, -0.05) is 35.3 Å². The standard InChI is InChI=1S/C21H25Cl2N3O/c1-15-4-3-5-20(16(15)2)26-12-10-25(11-13-26)9-8-21(27)24-19-14-17(22)6-7-18(19)23/h3-7,14H,8-13H2,1-2H3,(H,24,27). The van der Waals surface area contributed by atoms with Gasteiger partial charge in [-0.2, -0.15) is 0 Å². The van der Waals surface area contributed by atoms with E-state index in [4.69, 9.17) is 23.2 Å². The predicted molar refractivity (Wildman–Crippen MR) is 114 cm³/mol. The number of nitrogens with one attached hydrogen (secondary N) is 1. The van der Waals surface area contributed by atoms with Gasteiger partial charge in [-0.05, 0) is 49.2 Å². The zero-order valence-electron chi connectivity index (χ0n) is 15.8. The van der Waals surface area contributed by atoms with Crippen molar-refractivity contribution in [2.45, 2.75) is 20.3 Å². The Labute approximate surface area is 171 Å². The number of rotatable bonds is 5. The van der Waals surface area contributed by atoms with Gasteiger partial charge in [0.2, 0.25) is 5.91 Å². The number of amides is 1. The van der Waals surface area contributed by atoms with Crippen molar-refractivity contribution in [3.05, 3.63) is 57.6 Å². The van der Waals surface area contributed by atoms with Gasteiger partial charge < -0.3 is 10.2 Å². The van der Waals surface area contributed by atoms with E-state index in [9.17, 15) is 4.79 Å². The fourth-order valence-corrected chi connectivity index (χ4v) is 3.69. The highest BCUT2D eigenvalue weighted by Crippen LogP contribution is 2.26. The summed E-state index contributed by atoms with van der Waals surface area (Å²) in [4.78, 5) is 17.0. The molecule has 1 amide bonds. The topological polar surface area (TPSA) is 35.6 Å². The van der Waals surface area contributed by atoms with Crippen molar-refractivity contribution in [2.24, 2.45) is 0 Å². The summed E-state index contributed by atoms with van der Waals surface area (Å²) in [5.74, 6) is -0.0453. The Balaban J connectivity index is 1.47. The number of anilines is 2. The quantitative estimate of drug-likeness (QED) is 0.778. The smallest absolute Gasteiger partial charge is 0.225 e. The molecule has 0 radical (unpaired) electrons. The number of aryl methyl sites for hydroxylation is 1. The van der Waals surface area contributed by atoms with E-state index in [2.05, 4.69) is 47.2 Å². The Morgan fingerprint density at radius 1 is 1.07 bits per heavy atom. The maximum Gasteiger partial charge on any atom is 0.225 e. The molecule has 1 saturated heterocycles. The van der Waals surface area contributed by atoms with E-state index >= 15 is 0 Å². The second kappa shape index (κ2) is 8.96. The van der Waals surface area contributed by atoms with Crippen LogP contribution < -0.4 is 10.2 Å². The zero-order chi connectivity index (χ0) is 19.4. The minimum Gasteiger partial charge on any atom is -0.369 e. The minimum absolute atomic E-state index is 0.0453. The summed E-state index contributed by atoms with van der Waals surface area (Å²) in [5.41, 5.74) is 4.56. The van der Waals surface area contributed by atoms with Crippen LogP contribution >= 0.6 is 23.2 Å². The van der Waals surface area contributed by atoms with E-state index in [1.807, 2.05) is 0 Å². The zero-order valence-corrected chi connectivity index (χ0v) is 17.3. The molecule has 1 N–H and O–H groups in total. The van der Waals surface area contributed by atoms with Crippen LogP contribution in [0.1, 0.15) is 17.5 Å². The Hall–Kier alpha value is -1.75. The molecule has 0 saturated carbocycles. The molecule has 2 aromatic carbocycles. The second-order valence-corrected chi connectivity index (χ2v) is 7.81. The number of carbonyl (C=O) groups excluding carboxylic acids is 1. The lowest BCUT2D eigenvalue weighted by atomic mass is 10.1. The average molecular weight is 406 g/mol. The molecule has 0 bridgehead atoms. The number of carbonyl (C=O) groups is 1. The van der Waals surface area contributed by atoms with Gasteiger partial charge in [-0.15, -0.1) is 0 Å². The molecule has 0 atom stereocenters. The average Bonchev–Trinajstić information content (AvgIpc) is 2.66.